The number of rotatable bonds is 5. The van der Waals surface area contributed by atoms with E-state index in [2.05, 4.69) is 10.1 Å². The molecule has 20 heavy (non-hydrogen) atoms. The predicted octanol–water partition coefficient (Wildman–Crippen LogP) is 1.76. The number of halogens is 1. The Hall–Kier alpha value is -2.44. The van der Waals surface area contributed by atoms with Crippen LogP contribution < -0.4 is 10.5 Å². The smallest absolute Gasteiger partial charge is 0.255 e. The molecule has 2 aromatic rings. The highest BCUT2D eigenvalue weighted by Crippen LogP contribution is 2.38. The Kier molecular flexibility index (Phi) is 3.09. The van der Waals surface area contributed by atoms with E-state index in [-0.39, 0.29) is 17.9 Å². The molecular formula is C13H12FN3O3. The average molecular weight is 277 g/mol. The van der Waals surface area contributed by atoms with Crippen LogP contribution in [0.15, 0.2) is 22.7 Å². The number of hydrogen-bond donors (Lipinski definition) is 1. The van der Waals surface area contributed by atoms with Gasteiger partial charge >= 0.3 is 0 Å². The van der Waals surface area contributed by atoms with E-state index >= 15 is 0 Å². The van der Waals surface area contributed by atoms with Gasteiger partial charge in [-0.2, -0.15) is 4.98 Å². The second kappa shape index (κ2) is 4.92. The third-order valence-electron chi connectivity index (χ3n) is 2.99. The summed E-state index contributed by atoms with van der Waals surface area (Å²) in [6.45, 7) is -0.0139. The summed E-state index contributed by atoms with van der Waals surface area (Å²) in [5.41, 5.74) is 4.85. The van der Waals surface area contributed by atoms with Gasteiger partial charge in [0.2, 0.25) is 11.7 Å². The molecule has 1 saturated carbocycles. The summed E-state index contributed by atoms with van der Waals surface area (Å²) >= 11 is 0. The van der Waals surface area contributed by atoms with Crippen molar-refractivity contribution in [2.75, 3.05) is 0 Å². The van der Waals surface area contributed by atoms with Crippen molar-refractivity contribution in [2.45, 2.75) is 25.4 Å². The molecular weight excluding hydrogens is 265 g/mol. The van der Waals surface area contributed by atoms with Crippen LogP contribution in [0.3, 0.4) is 0 Å². The number of carbonyl (C=O) groups is 1. The van der Waals surface area contributed by atoms with Crippen molar-refractivity contribution >= 4 is 5.91 Å². The molecule has 1 aromatic heterocycles. The fourth-order valence-electron chi connectivity index (χ4n) is 1.83. The summed E-state index contributed by atoms with van der Waals surface area (Å²) in [5, 5.41) is 3.77. The zero-order valence-corrected chi connectivity index (χ0v) is 10.5. The highest BCUT2D eigenvalue weighted by Gasteiger charge is 2.29. The maximum atomic E-state index is 13.5. The largest absolute Gasteiger partial charge is 0.485 e. The lowest BCUT2D eigenvalue weighted by Crippen LogP contribution is -2.15. The molecule has 1 amide bonds. The summed E-state index contributed by atoms with van der Waals surface area (Å²) in [6.07, 6.45) is 2.11. The normalized spacial score (nSPS) is 14.2. The highest BCUT2D eigenvalue weighted by molar-refractivity contribution is 5.95. The van der Waals surface area contributed by atoms with E-state index in [0.717, 1.165) is 18.9 Å². The number of benzene rings is 1. The fraction of sp³-hybridized carbons (Fsp3) is 0.308. The van der Waals surface area contributed by atoms with Crippen molar-refractivity contribution in [2.24, 2.45) is 5.73 Å². The number of ether oxygens (including phenoxy) is 1. The van der Waals surface area contributed by atoms with E-state index in [9.17, 15) is 9.18 Å². The van der Waals surface area contributed by atoms with Crippen molar-refractivity contribution in [3.05, 3.63) is 41.3 Å². The van der Waals surface area contributed by atoms with Gasteiger partial charge in [0, 0.05) is 5.92 Å². The minimum atomic E-state index is -0.884. The molecule has 0 bridgehead atoms. The summed E-state index contributed by atoms with van der Waals surface area (Å²) in [7, 11) is 0. The number of amides is 1. The van der Waals surface area contributed by atoms with Crippen LogP contribution in [0.25, 0.3) is 0 Å². The zero-order chi connectivity index (χ0) is 14.1. The van der Waals surface area contributed by atoms with Gasteiger partial charge in [0.15, 0.2) is 6.61 Å². The van der Waals surface area contributed by atoms with Gasteiger partial charge in [-0.3, -0.25) is 4.79 Å². The first kappa shape index (κ1) is 12.6. The Morgan fingerprint density at radius 1 is 1.50 bits per heavy atom. The maximum absolute atomic E-state index is 13.5. The molecule has 1 heterocycles. The molecule has 0 spiro atoms. The van der Waals surface area contributed by atoms with Crippen LogP contribution in [0, 0.1) is 5.82 Å². The molecule has 6 nitrogen and oxygen atoms in total. The van der Waals surface area contributed by atoms with E-state index in [1.807, 2.05) is 0 Å². The second-order valence-corrected chi connectivity index (χ2v) is 4.59. The quantitative estimate of drug-likeness (QED) is 0.899. The number of aromatic nitrogens is 2. The van der Waals surface area contributed by atoms with Crippen LogP contribution in [0.4, 0.5) is 4.39 Å². The number of nitrogens with zero attached hydrogens (tertiary/aromatic N) is 2. The Labute approximate surface area is 113 Å². The van der Waals surface area contributed by atoms with Crippen LogP contribution in [-0.4, -0.2) is 16.0 Å². The van der Waals surface area contributed by atoms with Crippen molar-refractivity contribution < 1.29 is 18.4 Å². The first-order chi connectivity index (χ1) is 9.65. The summed E-state index contributed by atoms with van der Waals surface area (Å²) < 4.78 is 23.9. The molecule has 2 N–H and O–H groups in total. The zero-order valence-electron chi connectivity index (χ0n) is 10.5. The van der Waals surface area contributed by atoms with E-state index < -0.39 is 11.7 Å². The molecule has 0 atom stereocenters. The Balaban J connectivity index is 1.74. The molecule has 7 heteroatoms. The third kappa shape index (κ3) is 2.47. The lowest BCUT2D eigenvalue weighted by atomic mass is 10.2. The van der Waals surface area contributed by atoms with Crippen molar-refractivity contribution in [3.63, 3.8) is 0 Å². The Morgan fingerprint density at radius 3 is 3.00 bits per heavy atom. The second-order valence-electron chi connectivity index (χ2n) is 4.59. The molecule has 1 aromatic carbocycles. The molecule has 0 radical (unpaired) electrons. The van der Waals surface area contributed by atoms with Crippen LogP contribution in [0.2, 0.25) is 0 Å². The lowest BCUT2D eigenvalue weighted by Gasteiger charge is -2.08. The van der Waals surface area contributed by atoms with Gasteiger partial charge in [0.1, 0.15) is 17.1 Å². The Morgan fingerprint density at radius 2 is 2.30 bits per heavy atom. The first-order valence-electron chi connectivity index (χ1n) is 6.18. The summed E-state index contributed by atoms with van der Waals surface area (Å²) in [6, 6.07) is 4.04. The molecule has 0 unspecified atom stereocenters. The van der Waals surface area contributed by atoms with Crippen LogP contribution in [-0.2, 0) is 6.61 Å². The standard InChI is InChI=1S/C13H12FN3O3/c14-8-2-1-3-9(11(8)12(15)18)19-6-10-16-13(20-17-10)7-4-5-7/h1-3,7H,4-6H2,(H2,15,18). The van der Waals surface area contributed by atoms with Gasteiger partial charge in [-0.1, -0.05) is 11.2 Å². The predicted molar refractivity (Wildman–Crippen MR) is 65.5 cm³/mol. The van der Waals surface area contributed by atoms with E-state index in [0.29, 0.717) is 17.6 Å². The Bertz CT molecular complexity index is 652. The first-order valence-corrected chi connectivity index (χ1v) is 6.18. The van der Waals surface area contributed by atoms with E-state index in [4.69, 9.17) is 15.0 Å². The van der Waals surface area contributed by atoms with E-state index in [1.165, 1.54) is 12.1 Å². The van der Waals surface area contributed by atoms with Crippen LogP contribution in [0.5, 0.6) is 5.75 Å². The van der Waals surface area contributed by atoms with Gasteiger partial charge in [-0.05, 0) is 25.0 Å². The average Bonchev–Trinajstić information content (AvgIpc) is 3.15. The summed E-state index contributed by atoms with van der Waals surface area (Å²) in [4.78, 5) is 15.4. The molecule has 0 saturated heterocycles. The number of carbonyl (C=O) groups excluding carboxylic acids is 1. The number of hydrogen-bond acceptors (Lipinski definition) is 5. The maximum Gasteiger partial charge on any atom is 0.255 e. The summed E-state index contributed by atoms with van der Waals surface area (Å²) in [5.74, 6) is -0.238. The van der Waals surface area contributed by atoms with Gasteiger partial charge in [0.05, 0.1) is 0 Å². The number of nitrogens with two attached hydrogens (primary N) is 1. The highest BCUT2D eigenvalue weighted by atomic mass is 19.1. The van der Waals surface area contributed by atoms with Crippen LogP contribution in [0.1, 0.15) is 40.8 Å². The van der Waals surface area contributed by atoms with E-state index in [1.54, 1.807) is 0 Å². The van der Waals surface area contributed by atoms with Crippen molar-refractivity contribution in [1.82, 2.24) is 10.1 Å². The van der Waals surface area contributed by atoms with Crippen molar-refractivity contribution in [3.8, 4) is 5.75 Å². The molecule has 0 aliphatic heterocycles. The molecule has 3 rings (SSSR count). The van der Waals surface area contributed by atoms with Crippen molar-refractivity contribution in [1.29, 1.82) is 0 Å². The lowest BCUT2D eigenvalue weighted by molar-refractivity contribution is 0.0991. The van der Waals surface area contributed by atoms with Crippen LogP contribution >= 0.6 is 0 Å². The molecule has 1 aliphatic rings. The van der Waals surface area contributed by atoms with Gasteiger partial charge in [-0.25, -0.2) is 4.39 Å². The van der Waals surface area contributed by atoms with Gasteiger partial charge in [-0.15, -0.1) is 0 Å². The molecule has 1 aliphatic carbocycles. The molecule has 104 valence electrons. The topological polar surface area (TPSA) is 91.2 Å². The SMILES string of the molecule is NC(=O)c1c(F)cccc1OCc1noc(C2CC2)n1. The van der Waals surface area contributed by atoms with Gasteiger partial charge < -0.3 is 15.0 Å². The number of primary amides is 1. The minimum Gasteiger partial charge on any atom is -0.485 e. The third-order valence-corrected chi connectivity index (χ3v) is 2.99. The van der Waals surface area contributed by atoms with Gasteiger partial charge in [0.25, 0.3) is 5.91 Å². The minimum absolute atomic E-state index is 0.0139. The monoisotopic (exact) mass is 277 g/mol. The molecule has 1 fully saturated rings. The fourth-order valence-corrected chi connectivity index (χ4v) is 1.83.